The van der Waals surface area contributed by atoms with E-state index in [4.69, 9.17) is 9.84 Å². The van der Waals surface area contributed by atoms with E-state index >= 15 is 0 Å². The van der Waals surface area contributed by atoms with Gasteiger partial charge in [0.2, 0.25) is 0 Å². The first-order valence-electron chi connectivity index (χ1n) is 5.51. The first-order valence-corrected chi connectivity index (χ1v) is 7.18. The number of thiophene rings is 1. The van der Waals surface area contributed by atoms with E-state index in [9.17, 15) is 4.79 Å². The van der Waals surface area contributed by atoms with Gasteiger partial charge in [-0.2, -0.15) is 0 Å². The first kappa shape index (κ1) is 13.8. The molecule has 3 nitrogen and oxygen atoms in total. The van der Waals surface area contributed by atoms with Crippen LogP contribution in [0.25, 0.3) is 6.08 Å². The molecule has 0 bridgehead atoms. The van der Waals surface area contributed by atoms with Crippen LogP contribution >= 0.6 is 27.3 Å². The van der Waals surface area contributed by atoms with Crippen LogP contribution in [0.1, 0.15) is 10.4 Å². The average Bonchev–Trinajstić information content (AvgIpc) is 2.80. The van der Waals surface area contributed by atoms with Crippen LogP contribution in [0.15, 0.2) is 46.3 Å². The number of rotatable bonds is 5. The molecule has 5 heteroatoms. The Hall–Kier alpha value is -1.59. The fourth-order valence-corrected chi connectivity index (χ4v) is 2.83. The van der Waals surface area contributed by atoms with E-state index in [0.717, 1.165) is 21.0 Å². The topological polar surface area (TPSA) is 46.5 Å². The van der Waals surface area contributed by atoms with E-state index in [-0.39, 0.29) is 0 Å². The number of aliphatic carboxylic acids is 1. The maximum atomic E-state index is 10.5. The summed E-state index contributed by atoms with van der Waals surface area (Å²) in [5, 5.41) is 10.6. The van der Waals surface area contributed by atoms with Crippen LogP contribution in [0.3, 0.4) is 0 Å². The van der Waals surface area contributed by atoms with Gasteiger partial charge in [0.05, 0.1) is 4.88 Å². The van der Waals surface area contributed by atoms with E-state index < -0.39 is 5.97 Å². The molecule has 98 valence electrons. The minimum Gasteiger partial charge on any atom is -0.488 e. The van der Waals surface area contributed by atoms with Crippen LogP contribution in [-0.4, -0.2) is 11.1 Å². The van der Waals surface area contributed by atoms with Gasteiger partial charge in [-0.3, -0.25) is 0 Å². The van der Waals surface area contributed by atoms with E-state index in [1.165, 1.54) is 6.08 Å². The van der Waals surface area contributed by atoms with Gasteiger partial charge in [0.25, 0.3) is 0 Å². The number of carbonyl (C=O) groups is 1. The molecule has 1 heterocycles. The molecule has 0 spiro atoms. The highest BCUT2D eigenvalue weighted by Gasteiger charge is 2.02. The molecule has 0 aliphatic carbocycles. The molecule has 0 saturated heterocycles. The van der Waals surface area contributed by atoms with Crippen molar-refractivity contribution in [2.45, 2.75) is 6.61 Å². The lowest BCUT2D eigenvalue weighted by atomic mass is 10.2. The summed E-state index contributed by atoms with van der Waals surface area (Å²) in [6.07, 6.45) is 2.64. The van der Waals surface area contributed by atoms with Crippen molar-refractivity contribution < 1.29 is 14.6 Å². The summed E-state index contributed by atoms with van der Waals surface area (Å²) >= 11 is 5.07. The van der Waals surface area contributed by atoms with Gasteiger partial charge in [0.15, 0.2) is 0 Å². The van der Waals surface area contributed by atoms with Gasteiger partial charge in [-0.1, -0.05) is 12.1 Å². The first-order chi connectivity index (χ1) is 9.15. The third-order valence-corrected chi connectivity index (χ3v) is 4.24. The second kappa shape index (κ2) is 6.54. The zero-order valence-electron chi connectivity index (χ0n) is 9.88. The lowest BCUT2D eigenvalue weighted by Crippen LogP contribution is -1.93. The van der Waals surface area contributed by atoms with Gasteiger partial charge in [0, 0.05) is 10.5 Å². The molecule has 0 radical (unpaired) electrons. The van der Waals surface area contributed by atoms with Crippen molar-refractivity contribution in [1.82, 2.24) is 0 Å². The van der Waals surface area contributed by atoms with Gasteiger partial charge >= 0.3 is 5.97 Å². The Morgan fingerprint density at radius 2 is 2.26 bits per heavy atom. The Labute approximate surface area is 123 Å². The average molecular weight is 339 g/mol. The molecule has 2 aromatic rings. The number of ether oxygens (including phenoxy) is 1. The van der Waals surface area contributed by atoms with Gasteiger partial charge in [-0.05, 0) is 51.1 Å². The molecule has 1 aromatic carbocycles. The third-order valence-electron chi connectivity index (χ3n) is 2.34. The van der Waals surface area contributed by atoms with Crippen molar-refractivity contribution in [1.29, 1.82) is 0 Å². The normalized spacial score (nSPS) is 10.8. The molecule has 0 fully saturated rings. The van der Waals surface area contributed by atoms with Crippen molar-refractivity contribution >= 4 is 39.3 Å². The SMILES string of the molecule is O=C(O)/C=C/c1cccc(OCc2sccc2Br)c1. The molecule has 0 unspecified atom stereocenters. The Kier molecular flexibility index (Phi) is 4.76. The quantitative estimate of drug-likeness (QED) is 0.831. The predicted octanol–water partition coefficient (Wildman–Crippen LogP) is 4.19. The van der Waals surface area contributed by atoms with Gasteiger partial charge in [-0.15, -0.1) is 11.3 Å². The summed E-state index contributed by atoms with van der Waals surface area (Å²) in [6, 6.07) is 9.30. The number of benzene rings is 1. The zero-order valence-corrected chi connectivity index (χ0v) is 12.3. The fourth-order valence-electron chi connectivity index (χ4n) is 1.45. The summed E-state index contributed by atoms with van der Waals surface area (Å²) in [6.45, 7) is 0.490. The number of hydrogen-bond donors (Lipinski definition) is 1. The molecular weight excluding hydrogens is 328 g/mol. The number of hydrogen-bond acceptors (Lipinski definition) is 3. The Balaban J connectivity index is 2.03. The maximum Gasteiger partial charge on any atom is 0.328 e. The summed E-state index contributed by atoms with van der Waals surface area (Å²) in [5.41, 5.74) is 0.796. The van der Waals surface area contributed by atoms with E-state index in [0.29, 0.717) is 12.4 Å². The monoisotopic (exact) mass is 338 g/mol. The van der Waals surface area contributed by atoms with Crippen molar-refractivity contribution in [3.8, 4) is 5.75 Å². The van der Waals surface area contributed by atoms with E-state index in [1.54, 1.807) is 17.4 Å². The Morgan fingerprint density at radius 3 is 2.95 bits per heavy atom. The van der Waals surface area contributed by atoms with Gasteiger partial charge < -0.3 is 9.84 Å². The van der Waals surface area contributed by atoms with Gasteiger partial charge in [-0.25, -0.2) is 4.79 Å². The minimum atomic E-state index is -0.964. The second-order valence-corrected chi connectivity index (χ2v) is 5.58. The highest BCUT2D eigenvalue weighted by atomic mass is 79.9. The van der Waals surface area contributed by atoms with E-state index in [1.807, 2.05) is 29.6 Å². The highest BCUT2D eigenvalue weighted by molar-refractivity contribution is 9.10. The van der Waals surface area contributed by atoms with Crippen LogP contribution in [-0.2, 0) is 11.4 Å². The molecule has 0 atom stereocenters. The van der Waals surface area contributed by atoms with Crippen LogP contribution in [0.2, 0.25) is 0 Å². The molecule has 1 aromatic heterocycles. The third kappa shape index (κ3) is 4.22. The summed E-state index contributed by atoms with van der Waals surface area (Å²) in [4.78, 5) is 11.6. The minimum absolute atomic E-state index is 0.490. The van der Waals surface area contributed by atoms with E-state index in [2.05, 4.69) is 15.9 Å². The molecular formula is C14H11BrO3S. The van der Waals surface area contributed by atoms with Crippen LogP contribution in [0.5, 0.6) is 5.75 Å². The van der Waals surface area contributed by atoms with Crippen LogP contribution < -0.4 is 4.74 Å². The Bertz CT molecular complexity index is 604. The van der Waals surface area contributed by atoms with Crippen molar-refractivity contribution in [3.63, 3.8) is 0 Å². The lowest BCUT2D eigenvalue weighted by Gasteiger charge is -2.05. The van der Waals surface area contributed by atoms with Crippen LogP contribution in [0, 0.1) is 0 Å². The molecule has 0 saturated carbocycles. The summed E-state index contributed by atoms with van der Waals surface area (Å²) in [7, 11) is 0. The second-order valence-electron chi connectivity index (χ2n) is 3.72. The predicted molar refractivity (Wildman–Crippen MR) is 79.5 cm³/mol. The fraction of sp³-hybridized carbons (Fsp3) is 0.0714. The van der Waals surface area contributed by atoms with Gasteiger partial charge in [0.1, 0.15) is 12.4 Å². The zero-order chi connectivity index (χ0) is 13.7. The molecule has 2 rings (SSSR count). The molecule has 1 N–H and O–H groups in total. The van der Waals surface area contributed by atoms with Crippen LogP contribution in [0.4, 0.5) is 0 Å². The lowest BCUT2D eigenvalue weighted by molar-refractivity contribution is -0.131. The molecule has 0 amide bonds. The maximum absolute atomic E-state index is 10.5. The van der Waals surface area contributed by atoms with Crippen molar-refractivity contribution in [3.05, 3.63) is 56.7 Å². The summed E-state index contributed by atoms with van der Waals surface area (Å²) in [5.74, 6) is -0.248. The molecule has 0 aliphatic rings. The highest BCUT2D eigenvalue weighted by Crippen LogP contribution is 2.24. The standard InChI is InChI=1S/C14H11BrO3S/c15-12-6-7-19-13(12)9-18-11-3-1-2-10(8-11)4-5-14(16)17/h1-8H,9H2,(H,16,17)/b5-4+. The molecule has 0 aliphatic heterocycles. The van der Waals surface area contributed by atoms with Crippen molar-refractivity contribution in [2.24, 2.45) is 0 Å². The van der Waals surface area contributed by atoms with Crippen molar-refractivity contribution in [2.75, 3.05) is 0 Å². The molecule has 19 heavy (non-hydrogen) atoms. The smallest absolute Gasteiger partial charge is 0.328 e. The largest absolute Gasteiger partial charge is 0.488 e. The summed E-state index contributed by atoms with van der Waals surface area (Å²) < 4.78 is 6.72. The number of carboxylic acids is 1. The Morgan fingerprint density at radius 1 is 1.42 bits per heavy atom. The number of carboxylic acid groups (broad SMARTS) is 1. The number of halogens is 1.